The van der Waals surface area contributed by atoms with Crippen molar-refractivity contribution in [3.05, 3.63) is 12.4 Å². The van der Waals surface area contributed by atoms with E-state index in [0.29, 0.717) is 0 Å². The Labute approximate surface area is 97.1 Å². The summed E-state index contributed by atoms with van der Waals surface area (Å²) in [6.07, 6.45) is 2.95. The Morgan fingerprint density at radius 3 is 2.56 bits per heavy atom. The first-order valence-corrected chi connectivity index (χ1v) is 5.93. The van der Waals surface area contributed by atoms with Gasteiger partial charge in [-0.3, -0.25) is 0 Å². The zero-order valence-corrected chi connectivity index (χ0v) is 10.3. The minimum atomic E-state index is 0.747. The molecule has 4 nitrogen and oxygen atoms in total. The van der Waals surface area contributed by atoms with Crippen LogP contribution >= 0.6 is 0 Å². The highest BCUT2D eigenvalue weighted by Crippen LogP contribution is 2.25. The molecule has 1 aliphatic heterocycles. The van der Waals surface area contributed by atoms with Crippen molar-refractivity contribution in [2.24, 2.45) is 11.8 Å². The van der Waals surface area contributed by atoms with Crippen LogP contribution in [-0.2, 0) is 0 Å². The fourth-order valence-corrected chi connectivity index (χ4v) is 2.51. The summed E-state index contributed by atoms with van der Waals surface area (Å²) in [7, 11) is 1.88. The summed E-state index contributed by atoms with van der Waals surface area (Å²) in [5.41, 5.74) is 0. The van der Waals surface area contributed by atoms with Gasteiger partial charge in [-0.05, 0) is 18.3 Å². The van der Waals surface area contributed by atoms with E-state index < -0.39 is 0 Å². The molecule has 1 fully saturated rings. The second-order valence-corrected chi connectivity index (χ2v) is 4.86. The minimum absolute atomic E-state index is 0.747. The average molecular weight is 220 g/mol. The van der Waals surface area contributed by atoms with Gasteiger partial charge in [-0.1, -0.05) is 13.8 Å². The van der Waals surface area contributed by atoms with Crippen LogP contribution < -0.4 is 10.2 Å². The Morgan fingerprint density at radius 2 is 1.94 bits per heavy atom. The summed E-state index contributed by atoms with van der Waals surface area (Å²) in [4.78, 5) is 10.9. The lowest BCUT2D eigenvalue weighted by atomic mass is 9.92. The zero-order chi connectivity index (χ0) is 11.5. The number of nitrogens with zero attached hydrogens (tertiary/aromatic N) is 3. The number of hydrogen-bond acceptors (Lipinski definition) is 4. The number of nitrogens with one attached hydrogen (secondary N) is 1. The lowest BCUT2D eigenvalue weighted by Gasteiger charge is -2.35. The van der Waals surface area contributed by atoms with Crippen molar-refractivity contribution < 1.29 is 0 Å². The monoisotopic (exact) mass is 220 g/mol. The van der Waals surface area contributed by atoms with E-state index in [2.05, 4.69) is 34.0 Å². The van der Waals surface area contributed by atoms with Gasteiger partial charge in [-0.25, -0.2) is 9.97 Å². The molecule has 1 aromatic heterocycles. The lowest BCUT2D eigenvalue weighted by Crippen LogP contribution is -2.39. The second kappa shape index (κ2) is 4.68. The van der Waals surface area contributed by atoms with Crippen LogP contribution in [0, 0.1) is 11.8 Å². The van der Waals surface area contributed by atoms with Crippen LogP contribution in [0.5, 0.6) is 0 Å². The molecule has 0 bridgehead atoms. The Kier molecular flexibility index (Phi) is 3.27. The van der Waals surface area contributed by atoms with Gasteiger partial charge in [0, 0.05) is 26.2 Å². The van der Waals surface area contributed by atoms with E-state index in [1.807, 2.05) is 13.1 Å². The minimum Gasteiger partial charge on any atom is -0.373 e. The molecule has 2 heterocycles. The van der Waals surface area contributed by atoms with Crippen molar-refractivity contribution in [1.82, 2.24) is 9.97 Å². The molecule has 0 saturated carbocycles. The standard InChI is InChI=1S/C12H20N4/c1-9-4-10(2)7-16(6-9)12-5-11(13-3)14-8-15-12/h5,8-10H,4,6-7H2,1-3H3,(H,13,14,15)/t9-,10-/m0/s1. The summed E-state index contributed by atoms with van der Waals surface area (Å²) < 4.78 is 0. The van der Waals surface area contributed by atoms with Gasteiger partial charge in [0.1, 0.15) is 18.0 Å². The first kappa shape index (κ1) is 11.2. The predicted molar refractivity (Wildman–Crippen MR) is 66.7 cm³/mol. The molecular formula is C12H20N4. The molecular weight excluding hydrogens is 200 g/mol. The molecule has 2 rings (SSSR count). The van der Waals surface area contributed by atoms with Crippen LogP contribution in [-0.4, -0.2) is 30.1 Å². The quantitative estimate of drug-likeness (QED) is 0.827. The molecule has 0 aliphatic carbocycles. The van der Waals surface area contributed by atoms with Crippen LogP contribution in [0.25, 0.3) is 0 Å². The van der Waals surface area contributed by atoms with Crippen LogP contribution in [0.4, 0.5) is 11.6 Å². The number of anilines is 2. The van der Waals surface area contributed by atoms with Crippen molar-refractivity contribution in [1.29, 1.82) is 0 Å². The third kappa shape index (κ3) is 2.43. The number of hydrogen-bond donors (Lipinski definition) is 1. The van der Waals surface area contributed by atoms with Crippen molar-refractivity contribution >= 4 is 11.6 Å². The van der Waals surface area contributed by atoms with Gasteiger partial charge >= 0.3 is 0 Å². The van der Waals surface area contributed by atoms with Gasteiger partial charge in [0.05, 0.1) is 0 Å². The van der Waals surface area contributed by atoms with E-state index in [1.54, 1.807) is 6.33 Å². The fourth-order valence-electron chi connectivity index (χ4n) is 2.51. The largest absolute Gasteiger partial charge is 0.373 e. The van der Waals surface area contributed by atoms with E-state index in [0.717, 1.165) is 36.6 Å². The van der Waals surface area contributed by atoms with Crippen molar-refractivity contribution in [3.8, 4) is 0 Å². The molecule has 1 N–H and O–H groups in total. The molecule has 0 aromatic carbocycles. The van der Waals surface area contributed by atoms with Gasteiger partial charge in [0.15, 0.2) is 0 Å². The van der Waals surface area contributed by atoms with Crippen LogP contribution in [0.3, 0.4) is 0 Å². The maximum absolute atomic E-state index is 4.35. The molecule has 0 radical (unpaired) electrons. The average Bonchev–Trinajstić information content (AvgIpc) is 2.28. The van der Waals surface area contributed by atoms with E-state index in [4.69, 9.17) is 0 Å². The molecule has 4 heteroatoms. The Bertz CT molecular complexity index is 343. The van der Waals surface area contributed by atoms with Gasteiger partial charge < -0.3 is 10.2 Å². The maximum atomic E-state index is 4.35. The van der Waals surface area contributed by atoms with Crippen molar-refractivity contribution in [2.45, 2.75) is 20.3 Å². The molecule has 0 unspecified atom stereocenters. The highest BCUT2D eigenvalue weighted by molar-refractivity contribution is 5.48. The number of aromatic nitrogens is 2. The summed E-state index contributed by atoms with van der Waals surface area (Å²) in [5.74, 6) is 3.42. The normalized spacial score (nSPS) is 25.6. The van der Waals surface area contributed by atoms with Gasteiger partial charge in [-0.15, -0.1) is 0 Å². The Hall–Kier alpha value is -1.32. The number of piperidine rings is 1. The van der Waals surface area contributed by atoms with Gasteiger partial charge in [0.25, 0.3) is 0 Å². The SMILES string of the molecule is CNc1cc(N2C[C@@H](C)C[C@H](C)C2)ncn1. The van der Waals surface area contributed by atoms with Crippen LogP contribution in [0.2, 0.25) is 0 Å². The summed E-state index contributed by atoms with van der Waals surface area (Å²) in [6, 6.07) is 2.02. The van der Waals surface area contributed by atoms with Crippen LogP contribution in [0.1, 0.15) is 20.3 Å². The summed E-state index contributed by atoms with van der Waals surface area (Å²) in [6.45, 7) is 6.82. The molecule has 88 valence electrons. The molecule has 1 aromatic rings. The van der Waals surface area contributed by atoms with Gasteiger partial charge in [0.2, 0.25) is 0 Å². The third-order valence-corrected chi connectivity index (χ3v) is 3.10. The summed E-state index contributed by atoms with van der Waals surface area (Å²) >= 11 is 0. The van der Waals surface area contributed by atoms with E-state index in [-0.39, 0.29) is 0 Å². The molecule has 0 amide bonds. The Balaban J connectivity index is 2.16. The first-order valence-electron chi connectivity index (χ1n) is 5.93. The Morgan fingerprint density at radius 1 is 1.25 bits per heavy atom. The number of rotatable bonds is 2. The topological polar surface area (TPSA) is 41.0 Å². The highest BCUT2D eigenvalue weighted by Gasteiger charge is 2.22. The molecule has 1 aliphatic rings. The molecule has 2 atom stereocenters. The zero-order valence-electron chi connectivity index (χ0n) is 10.3. The third-order valence-electron chi connectivity index (χ3n) is 3.10. The maximum Gasteiger partial charge on any atom is 0.134 e. The van der Waals surface area contributed by atoms with Crippen LogP contribution in [0.15, 0.2) is 12.4 Å². The molecule has 16 heavy (non-hydrogen) atoms. The summed E-state index contributed by atoms with van der Waals surface area (Å²) in [5, 5.41) is 3.05. The smallest absolute Gasteiger partial charge is 0.134 e. The van der Waals surface area contributed by atoms with Gasteiger partial charge in [-0.2, -0.15) is 0 Å². The predicted octanol–water partition coefficient (Wildman–Crippen LogP) is 2.00. The van der Waals surface area contributed by atoms with E-state index in [9.17, 15) is 0 Å². The first-order chi connectivity index (χ1) is 7.69. The fraction of sp³-hybridized carbons (Fsp3) is 0.667. The molecule has 1 saturated heterocycles. The highest BCUT2D eigenvalue weighted by atomic mass is 15.2. The second-order valence-electron chi connectivity index (χ2n) is 4.86. The van der Waals surface area contributed by atoms with E-state index >= 15 is 0 Å². The lowest BCUT2D eigenvalue weighted by molar-refractivity contribution is 0.355. The van der Waals surface area contributed by atoms with Crippen molar-refractivity contribution in [2.75, 3.05) is 30.4 Å². The van der Waals surface area contributed by atoms with Crippen molar-refractivity contribution in [3.63, 3.8) is 0 Å². The van der Waals surface area contributed by atoms with E-state index in [1.165, 1.54) is 6.42 Å². The molecule has 0 spiro atoms.